The summed E-state index contributed by atoms with van der Waals surface area (Å²) in [5.74, 6) is 2.40. The molecule has 3 heteroatoms. The molecule has 0 spiro atoms. The smallest absolute Gasteiger partial charge is 0.131 e. The van der Waals surface area contributed by atoms with Crippen LogP contribution in [0.5, 0.6) is 0 Å². The summed E-state index contributed by atoms with van der Waals surface area (Å²) in [7, 11) is 0. The first-order valence-corrected chi connectivity index (χ1v) is 8.31. The van der Waals surface area contributed by atoms with Crippen molar-refractivity contribution in [2.24, 2.45) is 0 Å². The molecule has 0 amide bonds. The lowest BCUT2D eigenvalue weighted by Gasteiger charge is -2.27. The molecule has 3 rings (SSSR count). The first-order chi connectivity index (χ1) is 9.75. The molecule has 110 valence electrons. The molecule has 0 bridgehead atoms. The van der Waals surface area contributed by atoms with Crippen LogP contribution in [0.1, 0.15) is 79.6 Å². The van der Waals surface area contributed by atoms with Crippen LogP contribution in [0.2, 0.25) is 0 Å². The van der Waals surface area contributed by atoms with E-state index in [2.05, 4.69) is 19.2 Å². The van der Waals surface area contributed by atoms with Crippen molar-refractivity contribution in [3.63, 3.8) is 0 Å². The number of rotatable bonds is 2. The van der Waals surface area contributed by atoms with E-state index in [1.54, 1.807) is 0 Å². The standard InChI is InChI=1S/C17H27N3/c1-12-16(14-8-10-18-11-9-14)13(2)20-17(19-12)15-6-4-3-5-7-15/h14-15,18H,3-11H2,1-2H3. The van der Waals surface area contributed by atoms with Crippen molar-refractivity contribution >= 4 is 0 Å². The van der Waals surface area contributed by atoms with E-state index in [1.807, 2.05) is 0 Å². The van der Waals surface area contributed by atoms with E-state index in [1.165, 1.54) is 61.9 Å². The second kappa shape index (κ2) is 6.21. The second-order valence-electron chi connectivity index (χ2n) is 6.53. The summed E-state index contributed by atoms with van der Waals surface area (Å²) >= 11 is 0. The van der Waals surface area contributed by atoms with Gasteiger partial charge in [0.05, 0.1) is 0 Å². The number of nitrogens with zero attached hydrogens (tertiary/aromatic N) is 2. The summed E-state index contributed by atoms with van der Waals surface area (Å²) in [6.07, 6.45) is 9.12. The molecular weight excluding hydrogens is 246 g/mol. The maximum absolute atomic E-state index is 4.90. The van der Waals surface area contributed by atoms with Gasteiger partial charge in [0.1, 0.15) is 5.82 Å². The number of piperidine rings is 1. The average Bonchev–Trinajstić information content (AvgIpc) is 2.48. The summed E-state index contributed by atoms with van der Waals surface area (Å²) in [5.41, 5.74) is 3.92. The van der Waals surface area contributed by atoms with E-state index in [9.17, 15) is 0 Å². The van der Waals surface area contributed by atoms with E-state index in [0.29, 0.717) is 11.8 Å². The Kier molecular flexibility index (Phi) is 4.35. The van der Waals surface area contributed by atoms with Gasteiger partial charge in [0.2, 0.25) is 0 Å². The zero-order chi connectivity index (χ0) is 13.9. The van der Waals surface area contributed by atoms with Gasteiger partial charge in [-0.15, -0.1) is 0 Å². The number of hydrogen-bond donors (Lipinski definition) is 1. The molecule has 1 aromatic heterocycles. The number of aromatic nitrogens is 2. The molecule has 0 unspecified atom stereocenters. The molecule has 2 fully saturated rings. The minimum Gasteiger partial charge on any atom is -0.317 e. The van der Waals surface area contributed by atoms with Crippen LogP contribution in [0, 0.1) is 13.8 Å². The summed E-state index contributed by atoms with van der Waals surface area (Å²) in [5, 5.41) is 3.45. The quantitative estimate of drug-likeness (QED) is 0.894. The fraction of sp³-hybridized carbons (Fsp3) is 0.765. The lowest BCUT2D eigenvalue weighted by Crippen LogP contribution is -2.28. The van der Waals surface area contributed by atoms with Gasteiger partial charge < -0.3 is 5.32 Å². The minimum absolute atomic E-state index is 0.614. The number of hydrogen-bond acceptors (Lipinski definition) is 3. The lowest BCUT2D eigenvalue weighted by atomic mass is 9.86. The highest BCUT2D eigenvalue weighted by Crippen LogP contribution is 2.34. The van der Waals surface area contributed by atoms with Crippen LogP contribution in [-0.4, -0.2) is 23.1 Å². The van der Waals surface area contributed by atoms with Crippen molar-refractivity contribution in [1.29, 1.82) is 0 Å². The Balaban J connectivity index is 1.85. The topological polar surface area (TPSA) is 37.8 Å². The molecule has 3 nitrogen and oxygen atoms in total. The third-order valence-corrected chi connectivity index (χ3v) is 5.06. The molecule has 20 heavy (non-hydrogen) atoms. The van der Waals surface area contributed by atoms with Crippen molar-refractivity contribution in [2.45, 2.75) is 70.6 Å². The van der Waals surface area contributed by atoms with Gasteiger partial charge in [-0.25, -0.2) is 9.97 Å². The molecule has 1 aliphatic carbocycles. The highest BCUT2D eigenvalue weighted by molar-refractivity contribution is 5.29. The van der Waals surface area contributed by atoms with Gasteiger partial charge in [-0.1, -0.05) is 19.3 Å². The van der Waals surface area contributed by atoms with Crippen LogP contribution in [-0.2, 0) is 0 Å². The maximum Gasteiger partial charge on any atom is 0.131 e. The van der Waals surface area contributed by atoms with Crippen molar-refractivity contribution in [2.75, 3.05) is 13.1 Å². The normalized spacial score (nSPS) is 22.1. The molecule has 0 atom stereocenters. The van der Waals surface area contributed by atoms with Crippen LogP contribution in [0.25, 0.3) is 0 Å². The highest BCUT2D eigenvalue weighted by atomic mass is 14.9. The Hall–Kier alpha value is -0.960. The van der Waals surface area contributed by atoms with Gasteiger partial charge in [0.15, 0.2) is 0 Å². The summed E-state index contributed by atoms with van der Waals surface area (Å²) in [4.78, 5) is 9.80. The van der Waals surface area contributed by atoms with Crippen LogP contribution in [0.3, 0.4) is 0 Å². The van der Waals surface area contributed by atoms with E-state index < -0.39 is 0 Å². The maximum atomic E-state index is 4.90. The molecular formula is C17H27N3. The Morgan fingerprint density at radius 3 is 2.00 bits per heavy atom. The zero-order valence-corrected chi connectivity index (χ0v) is 12.9. The third kappa shape index (κ3) is 2.88. The third-order valence-electron chi connectivity index (χ3n) is 5.06. The van der Waals surface area contributed by atoms with Crippen molar-refractivity contribution in [1.82, 2.24) is 15.3 Å². The largest absolute Gasteiger partial charge is 0.317 e. The molecule has 2 aliphatic rings. The fourth-order valence-electron chi connectivity index (χ4n) is 4.00. The van der Waals surface area contributed by atoms with Crippen molar-refractivity contribution in [3.05, 3.63) is 22.8 Å². The average molecular weight is 273 g/mol. The number of nitrogens with one attached hydrogen (secondary N) is 1. The Morgan fingerprint density at radius 1 is 0.800 bits per heavy atom. The molecule has 1 saturated carbocycles. The molecule has 1 aliphatic heterocycles. The van der Waals surface area contributed by atoms with E-state index in [4.69, 9.17) is 9.97 Å². The van der Waals surface area contributed by atoms with Gasteiger partial charge in [-0.3, -0.25) is 0 Å². The van der Waals surface area contributed by atoms with Gasteiger partial charge >= 0.3 is 0 Å². The SMILES string of the molecule is Cc1nc(C2CCCCC2)nc(C)c1C1CCNCC1. The van der Waals surface area contributed by atoms with Crippen molar-refractivity contribution < 1.29 is 0 Å². The van der Waals surface area contributed by atoms with Gasteiger partial charge in [-0.05, 0) is 64.1 Å². The predicted octanol–water partition coefficient (Wildman–Crippen LogP) is 3.61. The molecule has 2 heterocycles. The monoisotopic (exact) mass is 273 g/mol. The second-order valence-corrected chi connectivity index (χ2v) is 6.53. The van der Waals surface area contributed by atoms with Crippen LogP contribution < -0.4 is 5.32 Å². The van der Waals surface area contributed by atoms with Gasteiger partial charge in [0.25, 0.3) is 0 Å². The Morgan fingerprint density at radius 2 is 1.40 bits per heavy atom. The van der Waals surface area contributed by atoms with Gasteiger partial charge in [-0.2, -0.15) is 0 Å². The highest BCUT2D eigenvalue weighted by Gasteiger charge is 2.24. The van der Waals surface area contributed by atoms with E-state index in [-0.39, 0.29) is 0 Å². The minimum atomic E-state index is 0.614. The first-order valence-electron chi connectivity index (χ1n) is 8.31. The van der Waals surface area contributed by atoms with Crippen LogP contribution in [0.4, 0.5) is 0 Å². The summed E-state index contributed by atoms with van der Waals surface area (Å²) in [6, 6.07) is 0. The van der Waals surface area contributed by atoms with Crippen LogP contribution >= 0.6 is 0 Å². The molecule has 0 aromatic carbocycles. The van der Waals surface area contributed by atoms with Gasteiger partial charge in [0, 0.05) is 17.3 Å². The first kappa shape index (κ1) is 14.0. The van der Waals surface area contributed by atoms with E-state index >= 15 is 0 Å². The lowest BCUT2D eigenvalue weighted by molar-refractivity contribution is 0.423. The summed E-state index contributed by atoms with van der Waals surface area (Å²) < 4.78 is 0. The molecule has 1 N–H and O–H groups in total. The van der Waals surface area contributed by atoms with Crippen LogP contribution in [0.15, 0.2) is 0 Å². The Bertz CT molecular complexity index is 434. The van der Waals surface area contributed by atoms with E-state index in [0.717, 1.165) is 18.9 Å². The van der Waals surface area contributed by atoms with Crippen molar-refractivity contribution in [3.8, 4) is 0 Å². The summed E-state index contributed by atoms with van der Waals surface area (Å²) in [6.45, 7) is 6.65. The number of aryl methyl sites for hydroxylation is 2. The molecule has 0 radical (unpaired) electrons. The fourth-order valence-corrected chi connectivity index (χ4v) is 4.00. The molecule has 1 saturated heterocycles. The zero-order valence-electron chi connectivity index (χ0n) is 12.9. The molecule has 1 aromatic rings. The Labute approximate surface area is 122 Å². The predicted molar refractivity (Wildman–Crippen MR) is 82.2 cm³/mol.